The smallest absolute Gasteiger partial charge is 0.263 e. The minimum Gasteiger partial charge on any atom is -0.348 e. The number of thiazole rings is 1. The third kappa shape index (κ3) is 3.56. The number of carbonyl (C=O) groups is 3. The molecule has 0 unspecified atom stereocenters. The Balaban J connectivity index is 1.44. The molecule has 1 saturated heterocycles. The maximum absolute atomic E-state index is 13.0. The van der Waals surface area contributed by atoms with Crippen molar-refractivity contribution in [2.45, 2.75) is 30.7 Å². The van der Waals surface area contributed by atoms with E-state index in [1.54, 1.807) is 12.4 Å². The lowest BCUT2D eigenvalue weighted by Gasteiger charge is -2.31. The van der Waals surface area contributed by atoms with Crippen LogP contribution >= 0.6 is 11.3 Å². The molecule has 2 aliphatic rings. The minimum atomic E-state index is -3.80. The minimum absolute atomic E-state index is 0.0242. The van der Waals surface area contributed by atoms with Crippen molar-refractivity contribution in [2.75, 3.05) is 13.1 Å². The molecule has 0 aliphatic carbocycles. The Labute approximate surface area is 171 Å². The van der Waals surface area contributed by atoms with Gasteiger partial charge in [0.1, 0.15) is 4.88 Å². The van der Waals surface area contributed by atoms with Crippen LogP contribution in [0.3, 0.4) is 0 Å². The number of fused-ring (bicyclic) bond motifs is 1. The lowest BCUT2D eigenvalue weighted by atomic mass is 10.1. The van der Waals surface area contributed by atoms with Crippen molar-refractivity contribution in [3.05, 3.63) is 45.4 Å². The number of sulfonamides is 1. The van der Waals surface area contributed by atoms with Crippen LogP contribution in [0.15, 0.2) is 28.6 Å². The fourth-order valence-electron chi connectivity index (χ4n) is 3.47. The first kappa shape index (κ1) is 19.7. The van der Waals surface area contributed by atoms with E-state index in [9.17, 15) is 22.8 Å². The predicted molar refractivity (Wildman–Crippen MR) is 104 cm³/mol. The Morgan fingerprint density at radius 1 is 1.21 bits per heavy atom. The van der Waals surface area contributed by atoms with Crippen LogP contribution < -0.4 is 10.6 Å². The first-order chi connectivity index (χ1) is 13.8. The highest BCUT2D eigenvalue weighted by atomic mass is 32.2. The van der Waals surface area contributed by atoms with Crippen LogP contribution in [0.5, 0.6) is 0 Å². The van der Waals surface area contributed by atoms with Crippen LogP contribution in [0.1, 0.15) is 48.9 Å². The molecule has 1 fully saturated rings. The molecule has 4 rings (SSSR count). The SMILES string of the molecule is Cc1ncsc1C(=O)NC1CCN(S(=O)(=O)c2ccc3c(c2)C(=O)NC3=O)CC1. The molecule has 0 bridgehead atoms. The van der Waals surface area contributed by atoms with Gasteiger partial charge in [-0.3, -0.25) is 19.7 Å². The second kappa shape index (κ2) is 7.32. The van der Waals surface area contributed by atoms with E-state index in [2.05, 4.69) is 15.6 Å². The van der Waals surface area contributed by atoms with Crippen LogP contribution in [0.2, 0.25) is 0 Å². The van der Waals surface area contributed by atoms with Crippen LogP contribution in [0.25, 0.3) is 0 Å². The number of nitrogens with zero attached hydrogens (tertiary/aromatic N) is 2. The lowest BCUT2D eigenvalue weighted by Crippen LogP contribution is -2.46. The average Bonchev–Trinajstić information content (AvgIpc) is 3.25. The first-order valence-corrected chi connectivity index (χ1v) is 11.3. The molecule has 3 amide bonds. The summed E-state index contributed by atoms with van der Waals surface area (Å²) in [6.45, 7) is 2.26. The second-order valence-corrected chi connectivity index (χ2v) is 9.70. The van der Waals surface area contributed by atoms with Gasteiger partial charge in [-0.05, 0) is 38.0 Å². The maximum atomic E-state index is 13.0. The molecule has 152 valence electrons. The van der Waals surface area contributed by atoms with Gasteiger partial charge in [0.05, 0.1) is 27.2 Å². The van der Waals surface area contributed by atoms with Crippen molar-refractivity contribution in [2.24, 2.45) is 0 Å². The first-order valence-electron chi connectivity index (χ1n) is 8.98. The highest BCUT2D eigenvalue weighted by Crippen LogP contribution is 2.25. The standard InChI is InChI=1S/C18H18N4O5S2/c1-10-15(28-9-19-10)18(25)20-11-4-6-22(7-5-11)29(26,27)12-2-3-13-14(8-12)17(24)21-16(13)23/h2-3,8-9,11H,4-7H2,1H3,(H,20,25)(H,21,23,24). The number of hydrogen-bond donors (Lipinski definition) is 2. The number of benzene rings is 1. The zero-order valence-corrected chi connectivity index (χ0v) is 17.1. The van der Waals surface area contributed by atoms with Gasteiger partial charge in [-0.25, -0.2) is 13.4 Å². The molecule has 0 atom stereocenters. The number of aromatic nitrogens is 1. The Morgan fingerprint density at radius 2 is 1.90 bits per heavy atom. The summed E-state index contributed by atoms with van der Waals surface area (Å²) in [7, 11) is -3.80. The van der Waals surface area contributed by atoms with E-state index in [1.807, 2.05) is 0 Å². The van der Waals surface area contributed by atoms with E-state index in [4.69, 9.17) is 0 Å². The van der Waals surface area contributed by atoms with Gasteiger partial charge in [0.25, 0.3) is 17.7 Å². The summed E-state index contributed by atoms with van der Waals surface area (Å²) in [5.41, 5.74) is 2.53. The molecule has 3 heterocycles. The molecular weight excluding hydrogens is 416 g/mol. The topological polar surface area (TPSA) is 126 Å². The Morgan fingerprint density at radius 3 is 2.55 bits per heavy atom. The highest BCUT2D eigenvalue weighted by Gasteiger charge is 2.33. The van der Waals surface area contributed by atoms with E-state index < -0.39 is 21.8 Å². The third-order valence-electron chi connectivity index (χ3n) is 5.09. The van der Waals surface area contributed by atoms with Gasteiger partial charge < -0.3 is 5.32 Å². The molecule has 0 spiro atoms. The van der Waals surface area contributed by atoms with E-state index in [1.165, 1.54) is 33.8 Å². The summed E-state index contributed by atoms with van der Waals surface area (Å²) in [5.74, 6) is -1.32. The Hall–Kier alpha value is -2.63. The summed E-state index contributed by atoms with van der Waals surface area (Å²) >= 11 is 1.27. The van der Waals surface area contributed by atoms with E-state index in [0.717, 1.165) is 0 Å². The molecule has 9 nitrogen and oxygen atoms in total. The van der Waals surface area contributed by atoms with Crippen LogP contribution in [-0.2, 0) is 10.0 Å². The molecule has 0 saturated carbocycles. The summed E-state index contributed by atoms with van der Waals surface area (Å²) < 4.78 is 27.2. The fourth-order valence-corrected chi connectivity index (χ4v) is 5.67. The largest absolute Gasteiger partial charge is 0.348 e. The van der Waals surface area contributed by atoms with Crippen molar-refractivity contribution in [1.29, 1.82) is 0 Å². The van der Waals surface area contributed by atoms with Crippen molar-refractivity contribution in [3.8, 4) is 0 Å². The Kier molecular flexibility index (Phi) is 4.97. The molecule has 1 aromatic carbocycles. The summed E-state index contributed by atoms with van der Waals surface area (Å²) in [6, 6.07) is 3.81. The zero-order valence-electron chi connectivity index (χ0n) is 15.5. The van der Waals surface area contributed by atoms with Gasteiger partial charge in [-0.2, -0.15) is 4.31 Å². The van der Waals surface area contributed by atoms with Crippen molar-refractivity contribution in [1.82, 2.24) is 19.9 Å². The highest BCUT2D eigenvalue weighted by molar-refractivity contribution is 7.89. The number of imide groups is 1. The molecular formula is C18H18N4O5S2. The molecule has 11 heteroatoms. The molecule has 29 heavy (non-hydrogen) atoms. The van der Waals surface area contributed by atoms with Crippen molar-refractivity contribution >= 4 is 39.1 Å². The summed E-state index contributed by atoms with van der Waals surface area (Å²) in [4.78, 5) is 40.4. The van der Waals surface area contributed by atoms with Crippen LogP contribution in [0.4, 0.5) is 0 Å². The van der Waals surface area contributed by atoms with Gasteiger partial charge in [0.15, 0.2) is 0 Å². The van der Waals surface area contributed by atoms with E-state index >= 15 is 0 Å². The molecule has 1 aromatic heterocycles. The summed E-state index contributed by atoms with van der Waals surface area (Å²) in [6.07, 6.45) is 0.958. The fraction of sp³-hybridized carbons (Fsp3) is 0.333. The lowest BCUT2D eigenvalue weighted by molar-refractivity contribution is 0.0876. The molecule has 2 N–H and O–H groups in total. The quantitative estimate of drug-likeness (QED) is 0.689. The number of aryl methyl sites for hydroxylation is 1. The van der Waals surface area contributed by atoms with Crippen molar-refractivity contribution in [3.63, 3.8) is 0 Å². The molecule has 2 aromatic rings. The number of piperidine rings is 1. The number of nitrogens with one attached hydrogen (secondary N) is 2. The molecule has 2 aliphatic heterocycles. The number of hydrogen-bond acceptors (Lipinski definition) is 7. The number of carbonyl (C=O) groups excluding carboxylic acids is 3. The van der Waals surface area contributed by atoms with Gasteiger partial charge in [0, 0.05) is 19.1 Å². The van der Waals surface area contributed by atoms with Crippen LogP contribution in [0, 0.1) is 6.92 Å². The van der Waals surface area contributed by atoms with Crippen molar-refractivity contribution < 1.29 is 22.8 Å². The van der Waals surface area contributed by atoms with Gasteiger partial charge in [0.2, 0.25) is 10.0 Å². The maximum Gasteiger partial charge on any atom is 0.263 e. The zero-order chi connectivity index (χ0) is 20.8. The molecule has 0 radical (unpaired) electrons. The van der Waals surface area contributed by atoms with E-state index in [-0.39, 0.29) is 41.1 Å². The van der Waals surface area contributed by atoms with Gasteiger partial charge >= 0.3 is 0 Å². The van der Waals surface area contributed by atoms with Gasteiger partial charge in [-0.15, -0.1) is 11.3 Å². The predicted octanol–water partition coefficient (Wildman–Crippen LogP) is 0.918. The number of rotatable bonds is 4. The van der Waals surface area contributed by atoms with E-state index in [0.29, 0.717) is 23.4 Å². The number of amides is 3. The average molecular weight is 434 g/mol. The summed E-state index contributed by atoms with van der Waals surface area (Å²) in [5, 5.41) is 5.09. The monoisotopic (exact) mass is 434 g/mol. The van der Waals surface area contributed by atoms with Crippen LogP contribution in [-0.4, -0.2) is 54.6 Å². The normalized spacial score (nSPS) is 17.8. The second-order valence-electron chi connectivity index (χ2n) is 6.91. The Bertz CT molecular complexity index is 1120. The third-order valence-corrected chi connectivity index (χ3v) is 7.91. The van der Waals surface area contributed by atoms with Gasteiger partial charge in [-0.1, -0.05) is 0 Å².